The van der Waals surface area contributed by atoms with Crippen LogP contribution < -0.4 is 5.73 Å². The first-order chi connectivity index (χ1) is 11.6. The highest BCUT2D eigenvalue weighted by Crippen LogP contribution is 2.20. The third kappa shape index (κ3) is 3.28. The maximum atomic E-state index is 13.3. The minimum Gasteiger partial charge on any atom is -0.383 e. The molecule has 0 spiro atoms. The molecule has 5 heteroatoms. The van der Waals surface area contributed by atoms with Gasteiger partial charge in [-0.05, 0) is 30.2 Å². The van der Waals surface area contributed by atoms with E-state index in [1.54, 1.807) is 16.8 Å². The fraction of sp³-hybridized carbons (Fsp3) is 0.158. The fourth-order valence-corrected chi connectivity index (χ4v) is 2.60. The quantitative estimate of drug-likeness (QED) is 0.801. The normalized spacial score (nSPS) is 10.5. The van der Waals surface area contributed by atoms with Crippen molar-refractivity contribution in [2.75, 3.05) is 5.73 Å². The van der Waals surface area contributed by atoms with E-state index < -0.39 is 0 Å². The molecular weight excluding hydrogens is 303 g/mol. The second-order valence-corrected chi connectivity index (χ2v) is 5.77. The maximum Gasteiger partial charge on any atom is 0.140 e. The molecular formula is C19H17FN4. The first kappa shape index (κ1) is 15.8. The standard InChI is InChI=1S/C19H17FN4/c1-13-5-7-14(8-6-13)10-18-17(11-21)19(22)24(23-18)12-15-3-2-4-16(20)9-15/h2-9H,10,12,22H2,1H3. The lowest BCUT2D eigenvalue weighted by Crippen LogP contribution is -2.06. The van der Waals surface area contributed by atoms with Gasteiger partial charge in [-0.25, -0.2) is 9.07 Å². The van der Waals surface area contributed by atoms with Crippen molar-refractivity contribution < 1.29 is 4.39 Å². The van der Waals surface area contributed by atoms with Crippen molar-refractivity contribution in [2.45, 2.75) is 19.9 Å². The van der Waals surface area contributed by atoms with E-state index in [9.17, 15) is 9.65 Å². The number of benzene rings is 2. The van der Waals surface area contributed by atoms with Crippen LogP contribution in [0, 0.1) is 24.1 Å². The van der Waals surface area contributed by atoms with Crippen molar-refractivity contribution >= 4 is 5.82 Å². The van der Waals surface area contributed by atoms with Gasteiger partial charge in [0.1, 0.15) is 23.3 Å². The molecule has 2 aromatic carbocycles. The summed E-state index contributed by atoms with van der Waals surface area (Å²) in [7, 11) is 0. The Morgan fingerprint density at radius 2 is 1.92 bits per heavy atom. The Kier molecular flexibility index (Phi) is 4.30. The molecule has 0 saturated heterocycles. The number of aryl methyl sites for hydroxylation is 1. The van der Waals surface area contributed by atoms with Gasteiger partial charge < -0.3 is 5.73 Å². The summed E-state index contributed by atoms with van der Waals surface area (Å²) in [5, 5.41) is 13.9. The van der Waals surface area contributed by atoms with Gasteiger partial charge >= 0.3 is 0 Å². The summed E-state index contributed by atoms with van der Waals surface area (Å²) in [6.45, 7) is 2.35. The van der Waals surface area contributed by atoms with Crippen molar-refractivity contribution in [3.63, 3.8) is 0 Å². The molecule has 2 N–H and O–H groups in total. The Hall–Kier alpha value is -3.13. The lowest BCUT2D eigenvalue weighted by Gasteiger charge is -2.04. The molecule has 0 aliphatic carbocycles. The summed E-state index contributed by atoms with van der Waals surface area (Å²) in [4.78, 5) is 0. The number of nitrogen functional groups attached to an aromatic ring is 1. The number of anilines is 1. The maximum absolute atomic E-state index is 13.3. The Morgan fingerprint density at radius 1 is 1.17 bits per heavy atom. The number of hydrogen-bond donors (Lipinski definition) is 1. The number of hydrogen-bond acceptors (Lipinski definition) is 3. The van der Waals surface area contributed by atoms with E-state index in [4.69, 9.17) is 5.73 Å². The summed E-state index contributed by atoms with van der Waals surface area (Å²) in [6, 6.07) is 16.5. The van der Waals surface area contributed by atoms with Crippen LogP contribution in [0.15, 0.2) is 48.5 Å². The highest BCUT2D eigenvalue weighted by Gasteiger charge is 2.16. The van der Waals surface area contributed by atoms with Gasteiger partial charge in [0.05, 0.1) is 12.2 Å². The largest absolute Gasteiger partial charge is 0.383 e. The van der Waals surface area contributed by atoms with E-state index in [1.165, 1.54) is 17.7 Å². The lowest BCUT2D eigenvalue weighted by atomic mass is 10.1. The van der Waals surface area contributed by atoms with Gasteiger partial charge in [-0.3, -0.25) is 0 Å². The van der Waals surface area contributed by atoms with Crippen molar-refractivity contribution in [2.24, 2.45) is 0 Å². The first-order valence-corrected chi connectivity index (χ1v) is 7.62. The summed E-state index contributed by atoms with van der Waals surface area (Å²) in [6.07, 6.45) is 0.531. The predicted octanol–water partition coefficient (Wildman–Crippen LogP) is 3.42. The van der Waals surface area contributed by atoms with Crippen LogP contribution in [-0.4, -0.2) is 9.78 Å². The lowest BCUT2D eigenvalue weighted by molar-refractivity contribution is 0.619. The van der Waals surface area contributed by atoms with Gasteiger partial charge in [0, 0.05) is 6.42 Å². The molecule has 4 nitrogen and oxygen atoms in total. The monoisotopic (exact) mass is 320 g/mol. The zero-order valence-electron chi connectivity index (χ0n) is 13.3. The second-order valence-electron chi connectivity index (χ2n) is 5.77. The number of nitrogens with zero attached hydrogens (tertiary/aromatic N) is 3. The molecule has 0 bridgehead atoms. The minimum absolute atomic E-state index is 0.307. The van der Waals surface area contributed by atoms with Gasteiger partial charge in [0.2, 0.25) is 0 Å². The number of aromatic nitrogens is 2. The van der Waals surface area contributed by atoms with Crippen LogP contribution in [0.3, 0.4) is 0 Å². The molecule has 0 atom stereocenters. The topological polar surface area (TPSA) is 67.6 Å². The van der Waals surface area contributed by atoms with Crippen LogP contribution in [0.2, 0.25) is 0 Å². The van der Waals surface area contributed by atoms with Crippen molar-refractivity contribution in [3.8, 4) is 6.07 Å². The van der Waals surface area contributed by atoms with Crippen LogP contribution in [0.5, 0.6) is 0 Å². The Balaban J connectivity index is 1.91. The van der Waals surface area contributed by atoms with Crippen LogP contribution in [0.25, 0.3) is 0 Å². The molecule has 1 aromatic heterocycles. The smallest absolute Gasteiger partial charge is 0.140 e. The molecule has 3 aromatic rings. The highest BCUT2D eigenvalue weighted by molar-refractivity contribution is 5.53. The van der Waals surface area contributed by atoms with Crippen molar-refractivity contribution in [1.82, 2.24) is 9.78 Å². The molecule has 3 rings (SSSR count). The van der Waals surface area contributed by atoms with Crippen molar-refractivity contribution in [3.05, 3.63) is 82.3 Å². The minimum atomic E-state index is -0.307. The Morgan fingerprint density at radius 3 is 2.58 bits per heavy atom. The van der Waals surface area contributed by atoms with E-state index >= 15 is 0 Å². The number of rotatable bonds is 4. The van der Waals surface area contributed by atoms with Gasteiger partial charge in [-0.15, -0.1) is 0 Å². The summed E-state index contributed by atoms with van der Waals surface area (Å²) < 4.78 is 14.9. The van der Waals surface area contributed by atoms with Crippen LogP contribution in [0.1, 0.15) is 27.9 Å². The van der Waals surface area contributed by atoms with E-state index in [1.807, 2.05) is 31.2 Å². The molecule has 0 radical (unpaired) electrons. The van der Waals surface area contributed by atoms with E-state index in [-0.39, 0.29) is 5.82 Å². The average molecular weight is 320 g/mol. The molecule has 24 heavy (non-hydrogen) atoms. The molecule has 120 valence electrons. The first-order valence-electron chi connectivity index (χ1n) is 7.62. The fourth-order valence-electron chi connectivity index (χ4n) is 2.60. The zero-order chi connectivity index (χ0) is 17.1. The van der Waals surface area contributed by atoms with Crippen molar-refractivity contribution in [1.29, 1.82) is 5.26 Å². The Bertz CT molecular complexity index is 904. The molecule has 0 aliphatic rings. The Labute approximate surface area is 140 Å². The zero-order valence-corrected chi connectivity index (χ0v) is 13.3. The number of halogens is 1. The van der Waals surface area contributed by atoms with Crippen LogP contribution in [0.4, 0.5) is 10.2 Å². The number of nitriles is 1. The SMILES string of the molecule is Cc1ccc(Cc2nn(Cc3cccc(F)c3)c(N)c2C#N)cc1. The predicted molar refractivity (Wildman–Crippen MR) is 90.8 cm³/mol. The molecule has 0 aliphatic heterocycles. The molecule has 0 saturated carbocycles. The summed E-state index contributed by atoms with van der Waals surface area (Å²) in [5.41, 5.74) is 10.1. The van der Waals surface area contributed by atoms with Crippen LogP contribution in [-0.2, 0) is 13.0 Å². The van der Waals surface area contributed by atoms with E-state index in [0.717, 1.165) is 11.1 Å². The average Bonchev–Trinajstić information content (AvgIpc) is 2.84. The third-order valence-electron chi connectivity index (χ3n) is 3.89. The molecule has 0 fully saturated rings. The summed E-state index contributed by atoms with van der Waals surface area (Å²) >= 11 is 0. The van der Waals surface area contributed by atoms with E-state index in [0.29, 0.717) is 30.0 Å². The van der Waals surface area contributed by atoms with Gasteiger partial charge in [-0.1, -0.05) is 42.0 Å². The molecule has 1 heterocycles. The van der Waals surface area contributed by atoms with Gasteiger partial charge in [0.15, 0.2) is 0 Å². The molecule has 0 amide bonds. The molecule has 0 unspecified atom stereocenters. The summed E-state index contributed by atoms with van der Waals surface area (Å²) in [5.74, 6) is 0.00230. The second kappa shape index (κ2) is 6.55. The van der Waals surface area contributed by atoms with Gasteiger partial charge in [-0.2, -0.15) is 10.4 Å². The van der Waals surface area contributed by atoms with Gasteiger partial charge in [0.25, 0.3) is 0 Å². The highest BCUT2D eigenvalue weighted by atomic mass is 19.1. The number of nitrogens with two attached hydrogens (primary N) is 1. The van der Waals surface area contributed by atoms with Crippen LogP contribution >= 0.6 is 0 Å². The third-order valence-corrected chi connectivity index (χ3v) is 3.89. The van der Waals surface area contributed by atoms with E-state index in [2.05, 4.69) is 11.2 Å².